The van der Waals surface area contributed by atoms with Crippen molar-refractivity contribution in [3.8, 4) is 0 Å². The van der Waals surface area contributed by atoms with E-state index >= 15 is 0 Å². The Morgan fingerprint density at radius 1 is 1.21 bits per heavy atom. The maximum atomic E-state index is 13.7. The lowest BCUT2D eigenvalue weighted by atomic mass is 10.2. The number of hydrogen-bond donors (Lipinski definition) is 2. The van der Waals surface area contributed by atoms with Crippen LogP contribution < -0.4 is 16.0 Å². The largest absolute Gasteiger partial charge is 0.444 e. The third kappa shape index (κ3) is 5.38. The smallest absolute Gasteiger partial charge is 0.408 e. The van der Waals surface area contributed by atoms with E-state index in [1.807, 2.05) is 0 Å². The van der Waals surface area contributed by atoms with Gasteiger partial charge in [0, 0.05) is 12.3 Å². The molecule has 0 fully saturated rings. The number of nitrogens with two attached hydrogens (primary N) is 1. The Morgan fingerprint density at radius 3 is 2.36 bits per heavy atom. The van der Waals surface area contributed by atoms with Crippen molar-refractivity contribution >= 4 is 29.2 Å². The van der Waals surface area contributed by atoms with E-state index < -0.39 is 35.3 Å². The Labute approximate surface area is 161 Å². The quantitative estimate of drug-likeness (QED) is 0.830. The summed E-state index contributed by atoms with van der Waals surface area (Å²) >= 11 is 0. The Morgan fingerprint density at radius 2 is 1.82 bits per heavy atom. The van der Waals surface area contributed by atoms with Gasteiger partial charge in [-0.3, -0.25) is 9.69 Å². The number of rotatable bonds is 4. The van der Waals surface area contributed by atoms with E-state index in [1.54, 1.807) is 26.8 Å². The summed E-state index contributed by atoms with van der Waals surface area (Å²) in [5.41, 5.74) is 5.14. The van der Waals surface area contributed by atoms with Gasteiger partial charge in [-0.15, -0.1) is 0 Å². The number of nitrogen functional groups attached to an aromatic ring is 1. The molecule has 0 radical (unpaired) electrons. The molecule has 2 amide bonds. The molecule has 1 aromatic carbocycles. The average Bonchev–Trinajstić information content (AvgIpc) is 2.54. The first-order valence-corrected chi connectivity index (χ1v) is 8.48. The second kappa shape index (κ2) is 8.20. The van der Waals surface area contributed by atoms with Gasteiger partial charge in [-0.25, -0.2) is 18.6 Å². The normalized spacial score (nSPS) is 12.2. The number of benzene rings is 1. The zero-order valence-electron chi connectivity index (χ0n) is 16.0. The molecular weight excluding hydrogens is 370 g/mol. The monoisotopic (exact) mass is 392 g/mol. The summed E-state index contributed by atoms with van der Waals surface area (Å²) in [6.07, 6.45) is 0.570. The highest BCUT2D eigenvalue weighted by atomic mass is 19.1. The Bertz CT molecular complexity index is 863. The lowest BCUT2D eigenvalue weighted by molar-refractivity contribution is -0.119. The third-order valence-corrected chi connectivity index (χ3v) is 3.46. The molecule has 0 aliphatic carbocycles. The minimum atomic E-state index is -1.09. The van der Waals surface area contributed by atoms with Gasteiger partial charge < -0.3 is 15.8 Å². The zero-order chi connectivity index (χ0) is 21.1. The van der Waals surface area contributed by atoms with Crippen LogP contribution in [0.5, 0.6) is 0 Å². The minimum absolute atomic E-state index is 0.0182. The summed E-state index contributed by atoms with van der Waals surface area (Å²) in [4.78, 5) is 30.0. The van der Waals surface area contributed by atoms with Crippen LogP contribution in [0.1, 0.15) is 27.7 Å². The topological polar surface area (TPSA) is 97.5 Å². The second-order valence-corrected chi connectivity index (χ2v) is 7.09. The molecule has 2 rings (SSSR count). The number of carbonyl (C=O) groups excluding carboxylic acids is 2. The molecular formula is C19H22F2N4O3. The lowest BCUT2D eigenvalue weighted by Gasteiger charge is -2.27. The van der Waals surface area contributed by atoms with Crippen molar-refractivity contribution in [1.29, 1.82) is 0 Å². The Balaban J connectivity index is 2.40. The number of ether oxygens (including phenoxy) is 1. The maximum absolute atomic E-state index is 13.7. The first kappa shape index (κ1) is 21.1. The summed E-state index contributed by atoms with van der Waals surface area (Å²) in [6.45, 7) is 6.44. The number of aromatic nitrogens is 1. The minimum Gasteiger partial charge on any atom is -0.444 e. The van der Waals surface area contributed by atoms with Crippen LogP contribution in [0.4, 0.5) is 30.8 Å². The fourth-order valence-corrected chi connectivity index (χ4v) is 2.36. The summed E-state index contributed by atoms with van der Waals surface area (Å²) < 4.78 is 32.6. The van der Waals surface area contributed by atoms with Gasteiger partial charge in [0.1, 0.15) is 23.3 Å². The van der Waals surface area contributed by atoms with Crippen LogP contribution in [0.2, 0.25) is 0 Å². The van der Waals surface area contributed by atoms with Crippen molar-refractivity contribution in [3.05, 3.63) is 48.2 Å². The van der Waals surface area contributed by atoms with Gasteiger partial charge in [-0.05, 0) is 52.0 Å². The van der Waals surface area contributed by atoms with Crippen molar-refractivity contribution in [1.82, 2.24) is 10.3 Å². The summed E-state index contributed by atoms with van der Waals surface area (Å²) in [6, 6.07) is 4.56. The van der Waals surface area contributed by atoms with Crippen LogP contribution in [-0.4, -0.2) is 28.6 Å². The van der Waals surface area contributed by atoms with Crippen LogP contribution in [-0.2, 0) is 9.53 Å². The van der Waals surface area contributed by atoms with E-state index in [0.717, 1.165) is 17.0 Å². The summed E-state index contributed by atoms with van der Waals surface area (Å²) in [5, 5.41) is 2.40. The fourth-order valence-electron chi connectivity index (χ4n) is 2.36. The van der Waals surface area contributed by atoms with Gasteiger partial charge in [-0.2, -0.15) is 0 Å². The number of alkyl carbamates (subject to hydrolysis) is 1. The predicted octanol–water partition coefficient (Wildman–Crippen LogP) is 3.52. The van der Waals surface area contributed by atoms with Crippen molar-refractivity contribution in [2.45, 2.75) is 39.3 Å². The standard InChI is InChI=1S/C19H22F2N4O3/c1-11(24-18(27)28-19(2,3)4)17(26)25(16-15(22)6-5-7-23-16)14-9-12(20)8-13(21)10-14/h5-11H,22H2,1-4H3,(H,24,27). The van der Waals surface area contributed by atoms with Gasteiger partial charge in [0.25, 0.3) is 5.91 Å². The highest BCUT2D eigenvalue weighted by molar-refractivity contribution is 6.05. The number of pyridine rings is 1. The predicted molar refractivity (Wildman–Crippen MR) is 101 cm³/mol. The van der Waals surface area contributed by atoms with Crippen LogP contribution >= 0.6 is 0 Å². The highest BCUT2D eigenvalue weighted by Gasteiger charge is 2.29. The molecule has 1 unspecified atom stereocenters. The molecule has 9 heteroatoms. The lowest BCUT2D eigenvalue weighted by Crippen LogP contribution is -2.47. The first-order valence-electron chi connectivity index (χ1n) is 8.48. The van der Waals surface area contributed by atoms with Gasteiger partial charge in [-0.1, -0.05) is 0 Å². The van der Waals surface area contributed by atoms with Crippen molar-refractivity contribution < 1.29 is 23.1 Å². The van der Waals surface area contributed by atoms with Crippen LogP contribution in [0.25, 0.3) is 0 Å². The maximum Gasteiger partial charge on any atom is 0.408 e. The molecule has 0 saturated carbocycles. The Kier molecular flexibility index (Phi) is 6.17. The summed E-state index contributed by atoms with van der Waals surface area (Å²) in [7, 11) is 0. The van der Waals surface area contributed by atoms with E-state index in [2.05, 4.69) is 10.3 Å². The van der Waals surface area contributed by atoms with Crippen LogP contribution in [0, 0.1) is 11.6 Å². The van der Waals surface area contributed by atoms with Crippen molar-refractivity contribution in [3.63, 3.8) is 0 Å². The van der Waals surface area contributed by atoms with E-state index in [9.17, 15) is 18.4 Å². The molecule has 1 atom stereocenters. The molecule has 3 N–H and O–H groups in total. The number of hydrogen-bond acceptors (Lipinski definition) is 5. The van der Waals surface area contributed by atoms with Gasteiger partial charge in [0.2, 0.25) is 0 Å². The Hall–Kier alpha value is -3.23. The molecule has 1 aromatic heterocycles. The van der Waals surface area contributed by atoms with E-state index in [1.165, 1.54) is 19.2 Å². The van der Waals surface area contributed by atoms with Gasteiger partial charge >= 0.3 is 6.09 Å². The van der Waals surface area contributed by atoms with Crippen LogP contribution in [0.15, 0.2) is 36.5 Å². The third-order valence-electron chi connectivity index (χ3n) is 3.46. The number of halogens is 2. The number of nitrogens with zero attached hydrogens (tertiary/aromatic N) is 2. The van der Waals surface area contributed by atoms with E-state index in [0.29, 0.717) is 6.07 Å². The number of carbonyl (C=O) groups is 2. The van der Waals surface area contributed by atoms with Gasteiger partial charge in [0.05, 0.1) is 11.4 Å². The number of amides is 2. The fraction of sp³-hybridized carbons (Fsp3) is 0.316. The second-order valence-electron chi connectivity index (χ2n) is 7.09. The molecule has 0 spiro atoms. The number of nitrogens with one attached hydrogen (secondary N) is 1. The van der Waals surface area contributed by atoms with Crippen LogP contribution in [0.3, 0.4) is 0 Å². The van der Waals surface area contributed by atoms with E-state index in [4.69, 9.17) is 10.5 Å². The molecule has 0 bridgehead atoms. The first-order chi connectivity index (χ1) is 13.0. The zero-order valence-corrected chi connectivity index (χ0v) is 16.0. The number of anilines is 3. The molecule has 28 heavy (non-hydrogen) atoms. The molecule has 0 saturated heterocycles. The van der Waals surface area contributed by atoms with E-state index in [-0.39, 0.29) is 17.2 Å². The highest BCUT2D eigenvalue weighted by Crippen LogP contribution is 2.30. The molecule has 1 heterocycles. The SMILES string of the molecule is CC(NC(=O)OC(C)(C)C)C(=O)N(c1cc(F)cc(F)c1)c1ncccc1N. The average molecular weight is 392 g/mol. The van der Waals surface area contributed by atoms with Crippen molar-refractivity contribution in [2.75, 3.05) is 10.6 Å². The molecule has 7 nitrogen and oxygen atoms in total. The molecule has 150 valence electrons. The molecule has 0 aliphatic heterocycles. The van der Waals surface area contributed by atoms with Gasteiger partial charge in [0.15, 0.2) is 5.82 Å². The molecule has 2 aromatic rings. The summed E-state index contributed by atoms with van der Waals surface area (Å²) in [5.74, 6) is -2.48. The molecule has 0 aliphatic rings. The van der Waals surface area contributed by atoms with Crippen molar-refractivity contribution in [2.24, 2.45) is 0 Å².